The topological polar surface area (TPSA) is 77.2 Å². The molecule has 162 valence electrons. The van der Waals surface area contributed by atoms with Gasteiger partial charge in [0.25, 0.3) is 5.91 Å². The second-order valence-electron chi connectivity index (χ2n) is 8.51. The number of fused-ring (bicyclic) bond motifs is 2. The van der Waals surface area contributed by atoms with Gasteiger partial charge in [-0.25, -0.2) is 0 Å². The molecule has 0 radical (unpaired) electrons. The van der Waals surface area contributed by atoms with Crippen LogP contribution in [0.2, 0.25) is 0 Å². The maximum absolute atomic E-state index is 12.6. The molecule has 4 aromatic rings. The van der Waals surface area contributed by atoms with Crippen molar-refractivity contribution in [1.82, 2.24) is 15.5 Å². The Kier molecular flexibility index (Phi) is 4.93. The zero-order valence-corrected chi connectivity index (χ0v) is 18.7. The Bertz CT molecular complexity index is 1340. The second-order valence-corrected chi connectivity index (χ2v) is 8.51. The highest BCUT2D eigenvalue weighted by Gasteiger charge is 2.28. The van der Waals surface area contributed by atoms with Gasteiger partial charge in [0, 0.05) is 23.1 Å². The van der Waals surface area contributed by atoms with E-state index in [9.17, 15) is 4.79 Å². The van der Waals surface area contributed by atoms with Gasteiger partial charge >= 0.3 is 0 Å². The van der Waals surface area contributed by atoms with Crippen LogP contribution in [0, 0.1) is 27.7 Å². The molecule has 6 nitrogen and oxygen atoms in total. The van der Waals surface area contributed by atoms with E-state index in [1.807, 2.05) is 13.0 Å². The first-order valence-corrected chi connectivity index (χ1v) is 10.8. The third kappa shape index (κ3) is 3.62. The zero-order chi connectivity index (χ0) is 22.4. The first kappa shape index (κ1) is 20.2. The molecule has 3 heterocycles. The summed E-state index contributed by atoms with van der Waals surface area (Å²) >= 11 is 0. The lowest BCUT2D eigenvalue weighted by Crippen LogP contribution is -2.34. The molecule has 1 unspecified atom stereocenters. The average molecular weight is 428 g/mol. The van der Waals surface area contributed by atoms with E-state index in [0.717, 1.165) is 39.9 Å². The van der Waals surface area contributed by atoms with Crippen LogP contribution in [0.1, 0.15) is 38.6 Å². The van der Waals surface area contributed by atoms with E-state index in [4.69, 9.17) is 9.26 Å². The van der Waals surface area contributed by atoms with Crippen molar-refractivity contribution in [1.29, 1.82) is 0 Å². The Morgan fingerprint density at radius 3 is 2.72 bits per heavy atom. The summed E-state index contributed by atoms with van der Waals surface area (Å²) in [5.74, 6) is 1.23. The molecule has 0 spiro atoms. The van der Waals surface area contributed by atoms with Crippen molar-refractivity contribution in [2.24, 2.45) is 0 Å². The van der Waals surface area contributed by atoms with E-state index in [1.54, 1.807) is 13.8 Å². The molecular formula is C26H25N3O3. The van der Waals surface area contributed by atoms with Crippen LogP contribution in [0.3, 0.4) is 0 Å². The zero-order valence-electron chi connectivity index (χ0n) is 18.7. The first-order valence-electron chi connectivity index (χ1n) is 10.8. The minimum Gasteiger partial charge on any atom is -0.487 e. The van der Waals surface area contributed by atoms with Crippen molar-refractivity contribution in [3.8, 4) is 16.9 Å². The molecule has 0 saturated carbocycles. The number of aryl methyl sites for hydroxylation is 4. The van der Waals surface area contributed by atoms with E-state index in [0.29, 0.717) is 23.6 Å². The lowest BCUT2D eigenvalue weighted by Gasteiger charge is -2.14. The number of benzene rings is 2. The van der Waals surface area contributed by atoms with Gasteiger partial charge in [0.1, 0.15) is 23.2 Å². The molecule has 1 amide bonds. The fraction of sp³-hybridized carbons (Fsp3) is 0.269. The lowest BCUT2D eigenvalue weighted by atomic mass is 9.96. The SMILES string of the molecule is Cc1cc2c(c(-c3ccc4nc(C)ccc4c3)c1)OC(CNC(=O)c1c(C)noc1C)C2. The first-order chi connectivity index (χ1) is 15.4. The van der Waals surface area contributed by atoms with Crippen LogP contribution in [-0.2, 0) is 6.42 Å². The predicted octanol–water partition coefficient (Wildman–Crippen LogP) is 4.86. The quantitative estimate of drug-likeness (QED) is 0.503. The van der Waals surface area contributed by atoms with Crippen LogP contribution in [0.15, 0.2) is 47.0 Å². The molecule has 1 aliphatic rings. The molecule has 6 heteroatoms. The van der Waals surface area contributed by atoms with Crippen LogP contribution in [0.4, 0.5) is 0 Å². The Hall–Kier alpha value is -3.67. The normalized spacial score (nSPS) is 14.9. The number of hydrogen-bond donors (Lipinski definition) is 1. The highest BCUT2D eigenvalue weighted by Crippen LogP contribution is 2.40. The number of aromatic nitrogens is 2. The van der Waals surface area contributed by atoms with Crippen molar-refractivity contribution < 1.29 is 14.1 Å². The summed E-state index contributed by atoms with van der Waals surface area (Å²) in [7, 11) is 0. The summed E-state index contributed by atoms with van der Waals surface area (Å²) in [6.45, 7) is 8.02. The molecule has 0 aliphatic carbocycles. The van der Waals surface area contributed by atoms with Gasteiger partial charge in [-0.15, -0.1) is 0 Å². The van der Waals surface area contributed by atoms with E-state index < -0.39 is 0 Å². The van der Waals surface area contributed by atoms with Crippen LogP contribution < -0.4 is 10.1 Å². The third-order valence-electron chi connectivity index (χ3n) is 5.93. The Labute approximate surface area is 186 Å². The molecule has 1 N–H and O–H groups in total. The summed E-state index contributed by atoms with van der Waals surface area (Å²) in [4.78, 5) is 17.2. The third-order valence-corrected chi connectivity index (χ3v) is 5.93. The number of rotatable bonds is 4. The molecule has 32 heavy (non-hydrogen) atoms. The molecule has 2 aromatic heterocycles. The maximum atomic E-state index is 12.6. The fourth-order valence-electron chi connectivity index (χ4n) is 4.42. The van der Waals surface area contributed by atoms with E-state index >= 15 is 0 Å². The summed E-state index contributed by atoms with van der Waals surface area (Å²) < 4.78 is 11.4. The van der Waals surface area contributed by atoms with Crippen molar-refractivity contribution in [2.75, 3.05) is 6.54 Å². The van der Waals surface area contributed by atoms with Crippen molar-refractivity contribution in [3.05, 3.63) is 76.3 Å². The smallest absolute Gasteiger partial charge is 0.256 e. The largest absolute Gasteiger partial charge is 0.487 e. The lowest BCUT2D eigenvalue weighted by molar-refractivity contribution is 0.0931. The molecule has 0 saturated heterocycles. The number of pyridine rings is 1. The fourth-order valence-corrected chi connectivity index (χ4v) is 4.42. The van der Waals surface area contributed by atoms with Gasteiger partial charge in [-0.1, -0.05) is 23.4 Å². The Balaban J connectivity index is 1.39. The monoisotopic (exact) mass is 427 g/mol. The molecule has 1 atom stereocenters. The molecule has 1 aliphatic heterocycles. The number of nitrogens with zero attached hydrogens (tertiary/aromatic N) is 2. The number of carbonyl (C=O) groups is 1. The highest BCUT2D eigenvalue weighted by molar-refractivity contribution is 5.96. The average Bonchev–Trinajstić information content (AvgIpc) is 3.33. The number of hydrogen-bond acceptors (Lipinski definition) is 5. The number of amides is 1. The van der Waals surface area contributed by atoms with Crippen LogP contribution in [0.5, 0.6) is 5.75 Å². The van der Waals surface area contributed by atoms with Crippen LogP contribution in [-0.4, -0.2) is 28.7 Å². The second kappa shape index (κ2) is 7.79. The highest BCUT2D eigenvalue weighted by atomic mass is 16.5. The number of ether oxygens (including phenoxy) is 1. The molecule has 0 bridgehead atoms. The van der Waals surface area contributed by atoms with Crippen LogP contribution >= 0.6 is 0 Å². The number of carbonyl (C=O) groups excluding carboxylic acids is 1. The minimum absolute atomic E-state index is 0.125. The summed E-state index contributed by atoms with van der Waals surface area (Å²) in [5, 5.41) is 7.94. The predicted molar refractivity (Wildman–Crippen MR) is 123 cm³/mol. The van der Waals surface area contributed by atoms with Crippen molar-refractivity contribution in [2.45, 2.75) is 40.2 Å². The van der Waals surface area contributed by atoms with Crippen LogP contribution in [0.25, 0.3) is 22.0 Å². The van der Waals surface area contributed by atoms with Gasteiger partial charge in [0.15, 0.2) is 0 Å². The molecule has 5 rings (SSSR count). The molecule has 0 fully saturated rings. The van der Waals surface area contributed by atoms with Gasteiger partial charge in [-0.05, 0) is 68.7 Å². The Morgan fingerprint density at radius 1 is 1.09 bits per heavy atom. The minimum atomic E-state index is -0.186. The van der Waals surface area contributed by atoms with Gasteiger partial charge in [0.05, 0.1) is 17.8 Å². The number of nitrogens with one attached hydrogen (secondary N) is 1. The summed E-state index contributed by atoms with van der Waals surface area (Å²) in [6, 6.07) is 14.8. The van der Waals surface area contributed by atoms with Gasteiger partial charge in [0.2, 0.25) is 0 Å². The molecular weight excluding hydrogens is 402 g/mol. The van der Waals surface area contributed by atoms with Gasteiger partial charge < -0.3 is 14.6 Å². The maximum Gasteiger partial charge on any atom is 0.256 e. The molecule has 2 aromatic carbocycles. The van der Waals surface area contributed by atoms with E-state index in [1.165, 1.54) is 11.1 Å². The van der Waals surface area contributed by atoms with Gasteiger partial charge in [-0.3, -0.25) is 9.78 Å². The summed E-state index contributed by atoms with van der Waals surface area (Å²) in [5.41, 5.74) is 7.60. The summed E-state index contributed by atoms with van der Waals surface area (Å²) in [6.07, 6.45) is 0.625. The standard InChI is InChI=1S/C26H25N3O3/c1-14-9-20-12-21(13-27-26(30)24-16(3)29-32-17(24)4)31-25(20)22(10-14)18-7-8-23-19(11-18)6-5-15(2)28-23/h5-11,21H,12-13H2,1-4H3,(H,27,30). The van der Waals surface area contributed by atoms with E-state index in [-0.39, 0.29) is 12.0 Å². The van der Waals surface area contributed by atoms with E-state index in [2.05, 4.69) is 58.8 Å². The Morgan fingerprint density at radius 2 is 1.94 bits per heavy atom. The van der Waals surface area contributed by atoms with Gasteiger partial charge in [-0.2, -0.15) is 0 Å². The van der Waals surface area contributed by atoms with Crippen molar-refractivity contribution >= 4 is 16.8 Å². The van der Waals surface area contributed by atoms with Crippen molar-refractivity contribution in [3.63, 3.8) is 0 Å².